The molecule has 0 atom stereocenters. The van der Waals surface area contributed by atoms with Crippen molar-refractivity contribution in [1.29, 1.82) is 0 Å². The van der Waals surface area contributed by atoms with Crippen molar-refractivity contribution in [3.63, 3.8) is 0 Å². The molecule has 4 heteroatoms. The third-order valence-electron chi connectivity index (χ3n) is 2.05. The SMILES string of the molecule is CC.COC.O=CCOc1ccc2c(c1)C=CCN2. The first-order valence-electron chi connectivity index (χ1n) is 6.33. The average Bonchev–Trinajstić information content (AvgIpc) is 2.48. The lowest BCUT2D eigenvalue weighted by atomic mass is 10.1. The molecular weight excluding hydrogens is 242 g/mol. The average molecular weight is 265 g/mol. The van der Waals surface area contributed by atoms with Crippen LogP contribution in [0.4, 0.5) is 5.69 Å². The van der Waals surface area contributed by atoms with Gasteiger partial charge in [-0.25, -0.2) is 0 Å². The van der Waals surface area contributed by atoms with Crippen molar-refractivity contribution in [2.75, 3.05) is 32.7 Å². The zero-order valence-corrected chi connectivity index (χ0v) is 12.1. The van der Waals surface area contributed by atoms with Crippen molar-refractivity contribution >= 4 is 18.0 Å². The van der Waals surface area contributed by atoms with E-state index in [2.05, 4.69) is 10.1 Å². The van der Waals surface area contributed by atoms with Crippen LogP contribution in [-0.4, -0.2) is 33.7 Å². The molecule has 106 valence electrons. The number of rotatable bonds is 3. The Kier molecular flexibility index (Phi) is 10.2. The number of hydrogen-bond acceptors (Lipinski definition) is 4. The molecule has 0 amide bonds. The van der Waals surface area contributed by atoms with Gasteiger partial charge >= 0.3 is 0 Å². The Hall–Kier alpha value is -1.81. The molecule has 0 unspecified atom stereocenters. The van der Waals surface area contributed by atoms with E-state index in [9.17, 15) is 4.79 Å². The number of nitrogens with one attached hydrogen (secondary N) is 1. The van der Waals surface area contributed by atoms with Crippen molar-refractivity contribution in [2.45, 2.75) is 13.8 Å². The predicted octanol–water partition coefficient (Wildman–Crippen LogP) is 2.99. The summed E-state index contributed by atoms with van der Waals surface area (Å²) < 4.78 is 9.44. The zero-order chi connectivity index (χ0) is 14.5. The lowest BCUT2D eigenvalue weighted by Gasteiger charge is -2.13. The summed E-state index contributed by atoms with van der Waals surface area (Å²) in [5.74, 6) is 0.726. The second kappa shape index (κ2) is 11.3. The first-order valence-corrected chi connectivity index (χ1v) is 6.33. The largest absolute Gasteiger partial charge is 0.486 e. The third-order valence-corrected chi connectivity index (χ3v) is 2.05. The second-order valence-electron chi connectivity index (χ2n) is 3.42. The standard InChI is InChI=1S/C11H11NO2.C2H6O.C2H6/c13-6-7-14-10-3-4-11-9(8-10)2-1-5-12-11;1-3-2;1-2/h1-4,6,8,12H,5,7H2;1-2H3;1-2H3. The highest BCUT2D eigenvalue weighted by Crippen LogP contribution is 2.25. The van der Waals surface area contributed by atoms with Gasteiger partial charge in [0.25, 0.3) is 0 Å². The summed E-state index contributed by atoms with van der Waals surface area (Å²) in [6, 6.07) is 5.73. The van der Waals surface area contributed by atoms with Crippen molar-refractivity contribution in [2.24, 2.45) is 0 Å². The molecule has 1 aromatic carbocycles. The summed E-state index contributed by atoms with van der Waals surface area (Å²) in [7, 11) is 3.25. The maximum absolute atomic E-state index is 10.1. The summed E-state index contributed by atoms with van der Waals surface area (Å²) in [5, 5.41) is 3.23. The minimum Gasteiger partial charge on any atom is -0.486 e. The number of ether oxygens (including phenoxy) is 2. The Morgan fingerprint density at radius 3 is 2.63 bits per heavy atom. The van der Waals surface area contributed by atoms with Gasteiger partial charge in [0.1, 0.15) is 12.4 Å². The highest BCUT2D eigenvalue weighted by molar-refractivity contribution is 5.71. The van der Waals surface area contributed by atoms with Crippen LogP contribution >= 0.6 is 0 Å². The van der Waals surface area contributed by atoms with Gasteiger partial charge in [0.15, 0.2) is 6.29 Å². The van der Waals surface area contributed by atoms with E-state index in [1.807, 2.05) is 44.2 Å². The number of aldehydes is 1. The maximum atomic E-state index is 10.1. The number of carbonyl (C=O) groups excluding carboxylic acids is 1. The van der Waals surface area contributed by atoms with Gasteiger partial charge in [0.2, 0.25) is 0 Å². The van der Waals surface area contributed by atoms with E-state index < -0.39 is 0 Å². The Labute approximate surface area is 115 Å². The quantitative estimate of drug-likeness (QED) is 0.853. The van der Waals surface area contributed by atoms with Crippen LogP contribution in [-0.2, 0) is 9.53 Å². The van der Waals surface area contributed by atoms with E-state index in [0.717, 1.165) is 29.8 Å². The molecule has 2 rings (SSSR count). The molecule has 0 aromatic heterocycles. The molecule has 0 saturated carbocycles. The van der Waals surface area contributed by atoms with Gasteiger partial charge in [0.05, 0.1) is 0 Å². The van der Waals surface area contributed by atoms with Crippen molar-refractivity contribution in [1.82, 2.24) is 0 Å². The van der Waals surface area contributed by atoms with Crippen LogP contribution in [0.25, 0.3) is 6.08 Å². The summed E-state index contributed by atoms with van der Waals surface area (Å²) in [5.41, 5.74) is 2.20. The molecule has 4 nitrogen and oxygen atoms in total. The molecule has 0 radical (unpaired) electrons. The minimum atomic E-state index is 0.107. The van der Waals surface area contributed by atoms with Gasteiger partial charge in [-0.1, -0.05) is 26.0 Å². The number of benzene rings is 1. The summed E-state index contributed by atoms with van der Waals surface area (Å²) in [4.78, 5) is 10.1. The normalized spacial score (nSPS) is 10.7. The molecule has 1 aliphatic heterocycles. The Balaban J connectivity index is 0.000000573. The van der Waals surface area contributed by atoms with Gasteiger partial charge in [0, 0.05) is 32.0 Å². The van der Waals surface area contributed by atoms with Crippen molar-refractivity contribution in [3.8, 4) is 5.75 Å². The van der Waals surface area contributed by atoms with Gasteiger partial charge in [-0.2, -0.15) is 0 Å². The first-order chi connectivity index (χ1) is 9.31. The second-order valence-corrected chi connectivity index (χ2v) is 3.42. The van der Waals surface area contributed by atoms with Crippen LogP contribution < -0.4 is 10.1 Å². The van der Waals surface area contributed by atoms with Gasteiger partial charge in [-0.3, -0.25) is 4.79 Å². The third kappa shape index (κ3) is 6.62. The van der Waals surface area contributed by atoms with Gasteiger partial charge in [-0.05, 0) is 18.2 Å². The van der Waals surface area contributed by atoms with E-state index in [0.29, 0.717) is 0 Å². The van der Waals surface area contributed by atoms with Crippen molar-refractivity contribution < 1.29 is 14.3 Å². The van der Waals surface area contributed by atoms with Crippen LogP contribution in [0.3, 0.4) is 0 Å². The monoisotopic (exact) mass is 265 g/mol. The summed E-state index contributed by atoms with van der Waals surface area (Å²) in [6.07, 6.45) is 4.83. The topological polar surface area (TPSA) is 47.6 Å². The highest BCUT2D eigenvalue weighted by Gasteiger charge is 2.04. The highest BCUT2D eigenvalue weighted by atomic mass is 16.5. The van der Waals surface area contributed by atoms with E-state index in [1.165, 1.54) is 0 Å². The number of anilines is 1. The fourth-order valence-electron chi connectivity index (χ4n) is 1.41. The van der Waals surface area contributed by atoms with E-state index in [1.54, 1.807) is 14.2 Å². The van der Waals surface area contributed by atoms with E-state index >= 15 is 0 Å². The molecule has 0 fully saturated rings. The Morgan fingerprint density at radius 2 is 2.00 bits per heavy atom. The van der Waals surface area contributed by atoms with Crippen LogP contribution in [0.1, 0.15) is 19.4 Å². The molecule has 1 N–H and O–H groups in total. The smallest absolute Gasteiger partial charge is 0.157 e. The summed E-state index contributed by atoms with van der Waals surface area (Å²) in [6.45, 7) is 4.97. The lowest BCUT2D eigenvalue weighted by molar-refractivity contribution is -0.109. The van der Waals surface area contributed by atoms with Gasteiger partial charge < -0.3 is 14.8 Å². The fourth-order valence-corrected chi connectivity index (χ4v) is 1.41. The molecule has 1 heterocycles. The maximum Gasteiger partial charge on any atom is 0.157 e. The van der Waals surface area contributed by atoms with E-state index in [4.69, 9.17) is 4.74 Å². The Morgan fingerprint density at radius 1 is 1.32 bits per heavy atom. The zero-order valence-electron chi connectivity index (χ0n) is 12.1. The van der Waals surface area contributed by atoms with Crippen LogP contribution in [0, 0.1) is 0 Å². The molecular formula is C15H23NO3. The van der Waals surface area contributed by atoms with Crippen LogP contribution in [0.2, 0.25) is 0 Å². The molecule has 1 aliphatic rings. The van der Waals surface area contributed by atoms with Crippen LogP contribution in [0.5, 0.6) is 5.75 Å². The Bertz CT molecular complexity index is 389. The molecule has 1 aromatic rings. The molecule has 0 aliphatic carbocycles. The lowest BCUT2D eigenvalue weighted by Crippen LogP contribution is -2.05. The molecule has 0 spiro atoms. The predicted molar refractivity (Wildman–Crippen MR) is 79.8 cm³/mol. The van der Waals surface area contributed by atoms with Gasteiger partial charge in [-0.15, -0.1) is 0 Å². The number of fused-ring (bicyclic) bond motifs is 1. The van der Waals surface area contributed by atoms with E-state index in [-0.39, 0.29) is 6.61 Å². The van der Waals surface area contributed by atoms with Crippen molar-refractivity contribution in [3.05, 3.63) is 29.8 Å². The summed E-state index contributed by atoms with van der Waals surface area (Å²) >= 11 is 0. The molecule has 0 bridgehead atoms. The number of carbonyl (C=O) groups is 1. The number of hydrogen-bond donors (Lipinski definition) is 1. The number of methoxy groups -OCH3 is 1. The van der Waals surface area contributed by atoms with Crippen LogP contribution in [0.15, 0.2) is 24.3 Å². The fraction of sp³-hybridized carbons (Fsp3) is 0.400. The minimum absolute atomic E-state index is 0.107. The molecule has 19 heavy (non-hydrogen) atoms. The molecule has 0 saturated heterocycles. The first kappa shape index (κ1) is 17.2.